The average Bonchev–Trinajstić information content (AvgIpc) is 3.20. The molecule has 0 bridgehead atoms. The molecule has 23 heavy (non-hydrogen) atoms. The van der Waals surface area contributed by atoms with Gasteiger partial charge < -0.3 is 14.0 Å². The Morgan fingerprint density at radius 3 is 2.52 bits per heavy atom. The summed E-state index contributed by atoms with van der Waals surface area (Å²) in [5.41, 5.74) is 2.84. The largest absolute Gasteiger partial charge is 0.361 e. The number of nitrogens with zero attached hydrogens (tertiary/aromatic N) is 3. The van der Waals surface area contributed by atoms with Crippen molar-refractivity contribution in [2.45, 2.75) is 19.9 Å². The van der Waals surface area contributed by atoms with Crippen LogP contribution in [0, 0.1) is 6.92 Å². The summed E-state index contributed by atoms with van der Waals surface area (Å²) in [4.78, 5) is 14.0. The first-order valence-corrected chi connectivity index (χ1v) is 7.50. The fraction of sp³-hybridized carbons (Fsp3) is 0.222. The van der Waals surface area contributed by atoms with Crippen LogP contribution >= 0.6 is 0 Å². The Hall–Kier alpha value is -2.82. The van der Waals surface area contributed by atoms with E-state index in [2.05, 4.69) is 5.16 Å². The number of aryl methyl sites for hydroxylation is 1. The van der Waals surface area contributed by atoms with Crippen LogP contribution in [0.5, 0.6) is 0 Å². The van der Waals surface area contributed by atoms with Gasteiger partial charge in [-0.2, -0.15) is 0 Å². The fourth-order valence-corrected chi connectivity index (χ4v) is 2.43. The van der Waals surface area contributed by atoms with Gasteiger partial charge in [0.25, 0.3) is 0 Å². The van der Waals surface area contributed by atoms with E-state index >= 15 is 0 Å². The van der Waals surface area contributed by atoms with Crippen molar-refractivity contribution >= 4 is 5.91 Å². The van der Waals surface area contributed by atoms with Gasteiger partial charge in [0.15, 0.2) is 0 Å². The van der Waals surface area contributed by atoms with Gasteiger partial charge in [-0.15, -0.1) is 0 Å². The van der Waals surface area contributed by atoms with E-state index in [0.29, 0.717) is 13.0 Å². The van der Waals surface area contributed by atoms with E-state index in [9.17, 15) is 4.79 Å². The van der Waals surface area contributed by atoms with E-state index in [-0.39, 0.29) is 5.91 Å². The Labute approximate surface area is 135 Å². The Kier molecular flexibility index (Phi) is 4.28. The lowest BCUT2D eigenvalue weighted by Gasteiger charge is -2.15. The van der Waals surface area contributed by atoms with Crippen molar-refractivity contribution in [1.29, 1.82) is 0 Å². The highest BCUT2D eigenvalue weighted by Gasteiger charge is 2.12. The number of aromatic nitrogens is 2. The van der Waals surface area contributed by atoms with Crippen LogP contribution in [0.2, 0.25) is 0 Å². The first-order valence-electron chi connectivity index (χ1n) is 7.50. The van der Waals surface area contributed by atoms with Crippen molar-refractivity contribution < 1.29 is 9.32 Å². The maximum absolute atomic E-state index is 12.3. The Morgan fingerprint density at radius 2 is 1.91 bits per heavy atom. The number of likely N-dealkylation sites (N-methyl/N-ethyl adjacent to an activating group) is 1. The van der Waals surface area contributed by atoms with Gasteiger partial charge in [0.1, 0.15) is 11.5 Å². The summed E-state index contributed by atoms with van der Waals surface area (Å²) in [6, 6.07) is 13.8. The first kappa shape index (κ1) is 15.1. The topological polar surface area (TPSA) is 51.3 Å². The van der Waals surface area contributed by atoms with Crippen molar-refractivity contribution in [1.82, 2.24) is 14.6 Å². The number of rotatable bonds is 5. The normalized spacial score (nSPS) is 10.7. The van der Waals surface area contributed by atoms with E-state index in [4.69, 9.17) is 4.52 Å². The zero-order valence-corrected chi connectivity index (χ0v) is 13.3. The summed E-state index contributed by atoms with van der Waals surface area (Å²) in [6.07, 6.45) is 4.36. The molecule has 1 amide bonds. The predicted molar refractivity (Wildman–Crippen MR) is 87.2 cm³/mol. The van der Waals surface area contributed by atoms with E-state index in [1.54, 1.807) is 11.9 Å². The predicted octanol–water partition coefficient (Wildman–Crippen LogP) is 2.97. The van der Waals surface area contributed by atoms with Crippen LogP contribution < -0.4 is 0 Å². The Bertz CT molecular complexity index is 773. The van der Waals surface area contributed by atoms with E-state index in [1.807, 2.05) is 66.3 Å². The average molecular weight is 309 g/mol. The molecule has 0 aliphatic rings. The summed E-state index contributed by atoms with van der Waals surface area (Å²) in [5.74, 6) is 0.806. The molecule has 0 aliphatic heterocycles. The highest BCUT2D eigenvalue weighted by Crippen LogP contribution is 2.12. The lowest BCUT2D eigenvalue weighted by atomic mass is 10.1. The molecule has 0 fully saturated rings. The molecule has 0 radical (unpaired) electrons. The van der Waals surface area contributed by atoms with E-state index < -0.39 is 0 Å². The van der Waals surface area contributed by atoms with Crippen molar-refractivity contribution in [3.63, 3.8) is 0 Å². The minimum atomic E-state index is 0.0550. The molecule has 0 saturated carbocycles. The molecule has 0 unspecified atom stereocenters. The summed E-state index contributed by atoms with van der Waals surface area (Å²) in [7, 11) is 1.78. The van der Waals surface area contributed by atoms with E-state index in [1.165, 1.54) is 0 Å². The van der Waals surface area contributed by atoms with Crippen LogP contribution in [0.15, 0.2) is 59.4 Å². The highest BCUT2D eigenvalue weighted by molar-refractivity contribution is 5.78. The molecule has 5 heteroatoms. The molecule has 0 saturated heterocycles. The van der Waals surface area contributed by atoms with Gasteiger partial charge in [-0.3, -0.25) is 4.79 Å². The maximum Gasteiger partial charge on any atom is 0.227 e. The zero-order chi connectivity index (χ0) is 16.2. The summed E-state index contributed by atoms with van der Waals surface area (Å²) >= 11 is 0. The van der Waals surface area contributed by atoms with Crippen LogP contribution in [0.3, 0.4) is 0 Å². The maximum atomic E-state index is 12.3. The molecule has 0 aliphatic carbocycles. The molecule has 3 rings (SSSR count). The zero-order valence-electron chi connectivity index (χ0n) is 13.3. The van der Waals surface area contributed by atoms with Crippen molar-refractivity contribution in [2.75, 3.05) is 7.05 Å². The van der Waals surface area contributed by atoms with Crippen LogP contribution in [0.1, 0.15) is 17.0 Å². The van der Waals surface area contributed by atoms with Gasteiger partial charge in [0, 0.05) is 31.2 Å². The van der Waals surface area contributed by atoms with Gasteiger partial charge in [0.05, 0.1) is 13.0 Å². The lowest BCUT2D eigenvalue weighted by Crippen LogP contribution is -2.27. The molecule has 0 N–H and O–H groups in total. The number of hydrogen-bond acceptors (Lipinski definition) is 3. The number of amides is 1. The Balaban J connectivity index is 1.61. The van der Waals surface area contributed by atoms with Crippen LogP contribution in [-0.2, 0) is 17.8 Å². The molecule has 118 valence electrons. The summed E-state index contributed by atoms with van der Waals surface area (Å²) < 4.78 is 7.05. The van der Waals surface area contributed by atoms with Gasteiger partial charge in [0.2, 0.25) is 5.91 Å². The second-order valence-electron chi connectivity index (χ2n) is 5.61. The number of carbonyl (C=O) groups excluding carboxylic acids is 1. The van der Waals surface area contributed by atoms with Crippen LogP contribution in [-0.4, -0.2) is 27.6 Å². The molecule has 2 aromatic heterocycles. The molecule has 3 aromatic rings. The lowest BCUT2D eigenvalue weighted by molar-refractivity contribution is -0.129. The van der Waals surface area contributed by atoms with Crippen molar-refractivity contribution in [3.05, 3.63) is 71.9 Å². The molecule has 0 spiro atoms. The smallest absolute Gasteiger partial charge is 0.227 e. The molecule has 0 atom stereocenters. The van der Waals surface area contributed by atoms with Crippen LogP contribution in [0.4, 0.5) is 0 Å². The molecule has 1 aromatic carbocycles. The summed E-state index contributed by atoms with van der Waals surface area (Å²) in [6.45, 7) is 2.29. The molecular weight excluding hydrogens is 290 g/mol. The van der Waals surface area contributed by atoms with Crippen LogP contribution in [0.25, 0.3) is 5.69 Å². The number of carbonyl (C=O) groups is 1. The van der Waals surface area contributed by atoms with Gasteiger partial charge in [-0.1, -0.05) is 17.3 Å². The monoisotopic (exact) mass is 309 g/mol. The first-order chi connectivity index (χ1) is 11.1. The molecular formula is C18H19N3O2. The second-order valence-corrected chi connectivity index (χ2v) is 5.61. The number of hydrogen-bond donors (Lipinski definition) is 0. The van der Waals surface area contributed by atoms with Gasteiger partial charge in [-0.25, -0.2) is 0 Å². The quantitative estimate of drug-likeness (QED) is 0.728. The third kappa shape index (κ3) is 3.69. The highest BCUT2D eigenvalue weighted by atomic mass is 16.5. The fourth-order valence-electron chi connectivity index (χ4n) is 2.43. The Morgan fingerprint density at radius 1 is 1.22 bits per heavy atom. The van der Waals surface area contributed by atoms with Gasteiger partial charge in [-0.05, 0) is 36.8 Å². The third-order valence-electron chi connectivity index (χ3n) is 3.70. The summed E-state index contributed by atoms with van der Waals surface area (Å²) in [5, 5.41) is 3.91. The second kappa shape index (κ2) is 6.52. The third-order valence-corrected chi connectivity index (χ3v) is 3.70. The minimum Gasteiger partial charge on any atom is -0.361 e. The van der Waals surface area contributed by atoms with Crippen molar-refractivity contribution in [2.24, 2.45) is 0 Å². The minimum absolute atomic E-state index is 0.0550. The molecule has 2 heterocycles. The molecule has 5 nitrogen and oxygen atoms in total. The SMILES string of the molecule is Cc1cc(CN(C)C(=O)Cc2ccc(-n3cccc3)cc2)no1. The number of benzene rings is 1. The van der Waals surface area contributed by atoms with Crippen molar-refractivity contribution in [3.8, 4) is 5.69 Å². The van der Waals surface area contributed by atoms with E-state index in [0.717, 1.165) is 22.7 Å². The van der Waals surface area contributed by atoms with Gasteiger partial charge >= 0.3 is 0 Å². The standard InChI is InChI=1S/C18H19N3O2/c1-14-11-16(19-23-14)13-20(2)18(22)12-15-5-7-17(8-6-15)21-9-3-4-10-21/h3-11H,12-13H2,1-2H3.